The molecule has 0 radical (unpaired) electrons. The van der Waals surface area contributed by atoms with Gasteiger partial charge in [-0.1, -0.05) is 12.1 Å². The van der Waals surface area contributed by atoms with Crippen molar-refractivity contribution in [3.8, 4) is 11.5 Å². The molecule has 1 atom stereocenters. The van der Waals surface area contributed by atoms with Crippen LogP contribution in [-0.2, 0) is 6.42 Å². The molecule has 1 saturated heterocycles. The van der Waals surface area contributed by atoms with Crippen LogP contribution in [0, 0.1) is 0 Å². The maximum absolute atomic E-state index is 6.12. The molecule has 1 fully saturated rings. The second kappa shape index (κ2) is 7.06. The van der Waals surface area contributed by atoms with Crippen molar-refractivity contribution in [3.63, 3.8) is 0 Å². The van der Waals surface area contributed by atoms with Crippen LogP contribution < -0.4 is 15.2 Å². The highest BCUT2D eigenvalue weighted by molar-refractivity contribution is 7.99. The average molecular weight is 281 g/mol. The summed E-state index contributed by atoms with van der Waals surface area (Å²) in [6.45, 7) is 2.01. The summed E-state index contributed by atoms with van der Waals surface area (Å²) >= 11 is 2.00. The van der Waals surface area contributed by atoms with Crippen molar-refractivity contribution in [2.75, 3.05) is 18.6 Å². The van der Waals surface area contributed by atoms with E-state index in [9.17, 15) is 0 Å². The molecule has 2 rings (SSSR count). The van der Waals surface area contributed by atoms with Gasteiger partial charge in [0, 0.05) is 6.04 Å². The molecular weight excluding hydrogens is 258 g/mol. The van der Waals surface area contributed by atoms with E-state index in [1.165, 1.54) is 11.5 Å². The van der Waals surface area contributed by atoms with Gasteiger partial charge in [0.05, 0.1) is 7.11 Å². The lowest BCUT2D eigenvalue weighted by Crippen LogP contribution is -2.23. The fraction of sp³-hybridized carbons (Fsp3) is 0.600. The van der Waals surface area contributed by atoms with Gasteiger partial charge < -0.3 is 15.2 Å². The molecule has 0 saturated carbocycles. The second-order valence-electron chi connectivity index (χ2n) is 5.06. The van der Waals surface area contributed by atoms with Crippen molar-refractivity contribution in [1.29, 1.82) is 0 Å². The maximum Gasteiger partial charge on any atom is 0.163 e. The Bertz CT molecular complexity index is 403. The smallest absolute Gasteiger partial charge is 0.163 e. The Kier molecular flexibility index (Phi) is 5.40. The van der Waals surface area contributed by atoms with Crippen LogP contribution >= 0.6 is 11.8 Å². The lowest BCUT2D eigenvalue weighted by molar-refractivity contribution is 0.184. The van der Waals surface area contributed by atoms with Gasteiger partial charge in [0.2, 0.25) is 0 Å². The minimum Gasteiger partial charge on any atom is -0.493 e. The number of methoxy groups -OCH3 is 1. The third kappa shape index (κ3) is 4.05. The van der Waals surface area contributed by atoms with E-state index in [-0.39, 0.29) is 6.04 Å². The molecule has 1 aliphatic heterocycles. The van der Waals surface area contributed by atoms with Crippen LogP contribution in [0.4, 0.5) is 0 Å². The highest BCUT2D eigenvalue weighted by Gasteiger charge is 2.18. The van der Waals surface area contributed by atoms with Crippen molar-refractivity contribution >= 4 is 11.8 Å². The number of thioether (sulfide) groups is 1. The molecule has 2 N–H and O–H groups in total. The zero-order valence-electron chi connectivity index (χ0n) is 11.7. The first-order chi connectivity index (χ1) is 9.20. The molecule has 4 heteroatoms. The van der Waals surface area contributed by atoms with Gasteiger partial charge in [0.25, 0.3) is 0 Å². The van der Waals surface area contributed by atoms with Gasteiger partial charge in [-0.25, -0.2) is 0 Å². The number of hydrogen-bond acceptors (Lipinski definition) is 4. The highest BCUT2D eigenvalue weighted by atomic mass is 32.2. The van der Waals surface area contributed by atoms with E-state index in [0.717, 1.165) is 36.3 Å². The summed E-state index contributed by atoms with van der Waals surface area (Å²) in [6, 6.07) is 6.19. The quantitative estimate of drug-likeness (QED) is 0.901. The Morgan fingerprint density at radius 1 is 1.37 bits per heavy atom. The van der Waals surface area contributed by atoms with Crippen molar-refractivity contribution in [1.82, 2.24) is 0 Å². The predicted molar refractivity (Wildman–Crippen MR) is 81.3 cm³/mol. The third-order valence-corrected chi connectivity index (χ3v) is 4.32. The molecule has 1 unspecified atom stereocenters. The summed E-state index contributed by atoms with van der Waals surface area (Å²) in [5.41, 5.74) is 7.01. The van der Waals surface area contributed by atoms with Gasteiger partial charge in [-0.15, -0.1) is 0 Å². The van der Waals surface area contributed by atoms with E-state index < -0.39 is 0 Å². The highest BCUT2D eigenvalue weighted by Crippen LogP contribution is 2.34. The predicted octanol–water partition coefficient (Wildman–Crippen LogP) is 2.86. The Labute approximate surface area is 119 Å². The van der Waals surface area contributed by atoms with Crippen LogP contribution in [0.25, 0.3) is 0 Å². The molecule has 1 aromatic carbocycles. The molecule has 19 heavy (non-hydrogen) atoms. The first-order valence-corrected chi connectivity index (χ1v) is 8.02. The van der Waals surface area contributed by atoms with E-state index in [1.807, 2.05) is 30.8 Å². The van der Waals surface area contributed by atoms with Crippen molar-refractivity contribution in [3.05, 3.63) is 23.8 Å². The fourth-order valence-electron chi connectivity index (χ4n) is 2.37. The standard InChI is InChI=1S/C15H23NO2S/c1-11(16)10-12-4-3-5-14(15(12)17-2)18-13-6-8-19-9-7-13/h3-5,11,13H,6-10,16H2,1-2H3. The van der Waals surface area contributed by atoms with E-state index >= 15 is 0 Å². The zero-order chi connectivity index (χ0) is 13.7. The van der Waals surface area contributed by atoms with Crippen LogP contribution in [-0.4, -0.2) is 30.8 Å². The summed E-state index contributed by atoms with van der Waals surface area (Å²) in [7, 11) is 1.70. The Balaban J connectivity index is 2.14. The van der Waals surface area contributed by atoms with Crippen LogP contribution in [0.1, 0.15) is 25.3 Å². The number of benzene rings is 1. The van der Waals surface area contributed by atoms with Crippen molar-refractivity contribution < 1.29 is 9.47 Å². The molecule has 0 bridgehead atoms. The van der Waals surface area contributed by atoms with Gasteiger partial charge in [0.1, 0.15) is 6.10 Å². The molecule has 106 valence electrons. The van der Waals surface area contributed by atoms with Gasteiger partial charge in [-0.2, -0.15) is 11.8 Å². The van der Waals surface area contributed by atoms with E-state index in [2.05, 4.69) is 6.07 Å². The summed E-state index contributed by atoms with van der Waals surface area (Å²) in [5.74, 6) is 4.08. The first-order valence-electron chi connectivity index (χ1n) is 6.86. The summed E-state index contributed by atoms with van der Waals surface area (Å²) in [6.07, 6.45) is 3.36. The Morgan fingerprint density at radius 2 is 2.11 bits per heavy atom. The van der Waals surface area contributed by atoms with Gasteiger partial charge >= 0.3 is 0 Å². The summed E-state index contributed by atoms with van der Waals surface area (Å²) in [4.78, 5) is 0. The largest absolute Gasteiger partial charge is 0.493 e. The van der Waals surface area contributed by atoms with E-state index in [0.29, 0.717) is 6.10 Å². The van der Waals surface area contributed by atoms with Crippen LogP contribution in [0.5, 0.6) is 11.5 Å². The molecule has 0 amide bonds. The SMILES string of the molecule is COc1c(CC(C)N)cccc1OC1CCSCC1. The summed E-state index contributed by atoms with van der Waals surface area (Å²) in [5, 5.41) is 0. The minimum absolute atomic E-state index is 0.121. The van der Waals surface area contributed by atoms with Gasteiger partial charge in [-0.3, -0.25) is 0 Å². The molecule has 1 aromatic rings. The maximum atomic E-state index is 6.12. The fourth-order valence-corrected chi connectivity index (χ4v) is 3.43. The minimum atomic E-state index is 0.121. The van der Waals surface area contributed by atoms with Gasteiger partial charge in [-0.05, 0) is 49.3 Å². The summed E-state index contributed by atoms with van der Waals surface area (Å²) < 4.78 is 11.7. The third-order valence-electron chi connectivity index (χ3n) is 3.27. The Morgan fingerprint density at radius 3 is 2.74 bits per heavy atom. The second-order valence-corrected chi connectivity index (χ2v) is 6.28. The van der Waals surface area contributed by atoms with E-state index in [1.54, 1.807) is 7.11 Å². The normalized spacial score (nSPS) is 18.1. The van der Waals surface area contributed by atoms with Crippen LogP contribution in [0.2, 0.25) is 0 Å². The molecule has 3 nitrogen and oxygen atoms in total. The molecule has 0 spiro atoms. The number of nitrogens with two attached hydrogens (primary N) is 1. The molecular formula is C15H23NO2S. The number of hydrogen-bond donors (Lipinski definition) is 1. The van der Waals surface area contributed by atoms with Crippen LogP contribution in [0.15, 0.2) is 18.2 Å². The first kappa shape index (κ1) is 14.5. The van der Waals surface area contributed by atoms with Crippen molar-refractivity contribution in [2.45, 2.75) is 38.3 Å². The monoisotopic (exact) mass is 281 g/mol. The lowest BCUT2D eigenvalue weighted by Gasteiger charge is -2.24. The number of rotatable bonds is 5. The van der Waals surface area contributed by atoms with E-state index in [4.69, 9.17) is 15.2 Å². The number of ether oxygens (including phenoxy) is 2. The lowest BCUT2D eigenvalue weighted by atomic mass is 10.1. The molecule has 1 aliphatic rings. The Hall–Kier alpha value is -0.870. The molecule has 1 heterocycles. The topological polar surface area (TPSA) is 44.5 Å². The molecule has 0 aliphatic carbocycles. The number of para-hydroxylation sites is 1. The molecule has 0 aromatic heterocycles. The average Bonchev–Trinajstić information content (AvgIpc) is 2.39. The zero-order valence-corrected chi connectivity index (χ0v) is 12.5. The van der Waals surface area contributed by atoms with Gasteiger partial charge in [0.15, 0.2) is 11.5 Å². The van der Waals surface area contributed by atoms with Crippen LogP contribution in [0.3, 0.4) is 0 Å². The van der Waals surface area contributed by atoms with Crippen molar-refractivity contribution in [2.24, 2.45) is 5.73 Å².